The second-order valence-corrected chi connectivity index (χ2v) is 6.87. The summed E-state index contributed by atoms with van der Waals surface area (Å²) in [6, 6.07) is 7.48. The first-order valence-electron chi connectivity index (χ1n) is 8.14. The van der Waals surface area contributed by atoms with Crippen LogP contribution in [0.4, 0.5) is 10.5 Å². The number of hydrogen-bond donors (Lipinski definition) is 1. The highest BCUT2D eigenvalue weighted by Gasteiger charge is 2.52. The molecule has 1 saturated carbocycles. The molecule has 0 spiro atoms. The lowest BCUT2D eigenvalue weighted by Crippen LogP contribution is -2.34. The van der Waals surface area contributed by atoms with Gasteiger partial charge in [0.25, 0.3) is 11.4 Å². The van der Waals surface area contributed by atoms with Crippen molar-refractivity contribution in [2.24, 2.45) is 0 Å². The molecule has 9 heteroatoms. The Morgan fingerprint density at radius 1 is 1.42 bits per heavy atom. The van der Waals surface area contributed by atoms with Crippen molar-refractivity contribution < 1.29 is 14.3 Å². The summed E-state index contributed by atoms with van der Waals surface area (Å²) >= 11 is 0.960. The van der Waals surface area contributed by atoms with Gasteiger partial charge in [-0.05, 0) is 24.3 Å². The highest BCUT2D eigenvalue weighted by Crippen LogP contribution is 2.49. The summed E-state index contributed by atoms with van der Waals surface area (Å²) in [5.74, 6) is -0.341. The molecule has 132 valence electrons. The molecule has 8 nitrogen and oxygen atoms in total. The Labute approximate surface area is 153 Å². The van der Waals surface area contributed by atoms with Gasteiger partial charge in [0.05, 0.1) is 31.0 Å². The van der Waals surface area contributed by atoms with Gasteiger partial charge in [0.2, 0.25) is 0 Å². The van der Waals surface area contributed by atoms with E-state index in [0.29, 0.717) is 6.54 Å². The maximum absolute atomic E-state index is 12.1. The van der Waals surface area contributed by atoms with E-state index in [-0.39, 0.29) is 23.7 Å². The molecule has 2 fully saturated rings. The Kier molecular flexibility index (Phi) is 4.05. The lowest BCUT2D eigenvalue weighted by Gasteiger charge is -2.14. The van der Waals surface area contributed by atoms with Crippen LogP contribution in [0.5, 0.6) is 0 Å². The van der Waals surface area contributed by atoms with Gasteiger partial charge in [-0.2, -0.15) is 8.75 Å². The average molecular weight is 369 g/mol. The zero-order valence-electron chi connectivity index (χ0n) is 13.7. The van der Waals surface area contributed by atoms with Gasteiger partial charge in [-0.15, -0.1) is 0 Å². The summed E-state index contributed by atoms with van der Waals surface area (Å²) in [5, 5.41) is 2.69. The average Bonchev–Trinajstić information content (AvgIpc) is 3.09. The van der Waals surface area contributed by atoms with Crippen molar-refractivity contribution in [3.63, 3.8) is 0 Å². The summed E-state index contributed by atoms with van der Waals surface area (Å²) in [7, 11) is 0. The molecule has 0 unspecified atom stereocenters. The maximum atomic E-state index is 12.1. The number of rotatable bonds is 5. The van der Waals surface area contributed by atoms with E-state index in [1.807, 2.05) is 24.3 Å². The van der Waals surface area contributed by atoms with Crippen LogP contribution in [0.15, 0.2) is 30.5 Å². The van der Waals surface area contributed by atoms with Crippen molar-refractivity contribution in [3.8, 4) is 0 Å². The Morgan fingerprint density at radius 2 is 2.19 bits per heavy atom. The summed E-state index contributed by atoms with van der Waals surface area (Å²) in [5.41, 5.74) is 1.60. The van der Waals surface area contributed by atoms with Crippen LogP contribution in [0.3, 0.4) is 0 Å². The van der Waals surface area contributed by atoms with Crippen molar-refractivity contribution >= 4 is 29.4 Å². The molecule has 1 atom stereocenters. The number of carbonyl (C=O) groups is 2. The van der Waals surface area contributed by atoms with Crippen LogP contribution in [-0.2, 0) is 10.3 Å². The zero-order valence-corrected chi connectivity index (χ0v) is 14.5. The Balaban J connectivity index is 1.37. The van der Waals surface area contributed by atoms with Crippen molar-refractivity contribution in [2.45, 2.75) is 24.5 Å². The van der Waals surface area contributed by atoms with Gasteiger partial charge in [0, 0.05) is 24.1 Å². The molecule has 1 N–H and O–H groups in total. The largest absolute Gasteiger partial charge is 0.442 e. The molecule has 1 aromatic carbocycles. The van der Waals surface area contributed by atoms with E-state index in [1.54, 1.807) is 0 Å². The van der Waals surface area contributed by atoms with Crippen LogP contribution in [0.1, 0.15) is 28.9 Å². The van der Waals surface area contributed by atoms with Crippen LogP contribution in [-0.4, -0.2) is 39.9 Å². The third kappa shape index (κ3) is 2.99. The van der Waals surface area contributed by atoms with E-state index in [9.17, 15) is 9.59 Å². The number of hydrogen-bond acceptors (Lipinski definition) is 6. The minimum atomic E-state index is -0.446. The van der Waals surface area contributed by atoms with Crippen molar-refractivity contribution in [3.05, 3.63) is 53.1 Å². The normalized spacial score (nSPS) is 20.3. The second kappa shape index (κ2) is 6.38. The molecule has 2 amide bonds. The smallest absolute Gasteiger partial charge is 0.414 e. The number of benzene rings is 1. The van der Waals surface area contributed by atoms with Crippen LogP contribution < -0.4 is 10.2 Å². The number of nitrogens with one attached hydrogen (secondary N) is 1. The molecule has 2 aromatic rings. The maximum Gasteiger partial charge on any atom is 0.414 e. The second-order valence-electron chi connectivity index (χ2n) is 6.31. The number of amides is 2. The predicted octanol–water partition coefficient (Wildman–Crippen LogP) is 2.20. The van der Waals surface area contributed by atoms with Crippen molar-refractivity contribution in [2.75, 3.05) is 18.0 Å². The van der Waals surface area contributed by atoms with Gasteiger partial charge in [0.1, 0.15) is 6.10 Å². The van der Waals surface area contributed by atoms with E-state index >= 15 is 0 Å². The number of cyclic esters (lactones) is 1. The number of ether oxygens (including phenoxy) is 1. The number of carbonyl (C=O) groups excluding carboxylic acids is 2. The van der Waals surface area contributed by atoms with Gasteiger partial charge >= 0.3 is 6.09 Å². The first-order chi connectivity index (χ1) is 12.6. The summed E-state index contributed by atoms with van der Waals surface area (Å²) in [4.78, 5) is 29.3. The molecule has 4 rings (SSSR count). The molecule has 1 saturated heterocycles. The summed E-state index contributed by atoms with van der Waals surface area (Å²) in [6.07, 6.45) is 2.29. The molecular formula is C17H15N5O3S. The predicted molar refractivity (Wildman–Crippen MR) is 93.8 cm³/mol. The lowest BCUT2D eigenvalue weighted by atomic mass is 10.1. The molecule has 1 aliphatic carbocycles. The number of aromatic nitrogens is 2. The molecule has 0 bridgehead atoms. The highest BCUT2D eigenvalue weighted by molar-refractivity contribution is 6.99. The van der Waals surface area contributed by atoms with Crippen LogP contribution >= 0.6 is 11.7 Å². The zero-order chi connectivity index (χ0) is 18.1. The highest BCUT2D eigenvalue weighted by atomic mass is 32.1. The molecule has 2 aliphatic rings. The number of nitrogens with zero attached hydrogens (tertiary/aromatic N) is 4. The summed E-state index contributed by atoms with van der Waals surface area (Å²) in [6.45, 7) is 7.87. The Bertz CT molecular complexity index is 871. The molecule has 26 heavy (non-hydrogen) atoms. The molecule has 2 heterocycles. The fourth-order valence-corrected chi connectivity index (χ4v) is 3.35. The van der Waals surface area contributed by atoms with E-state index < -0.39 is 12.2 Å². The van der Waals surface area contributed by atoms with E-state index in [2.05, 4.69) is 18.9 Å². The fourth-order valence-electron chi connectivity index (χ4n) is 2.94. The SMILES string of the molecule is [C-]#[N+]C1(c2ccc(N3C[C@H](CNC(=O)c4cnsn4)OC3=O)cc2)CC1. The third-order valence-corrected chi connectivity index (χ3v) is 5.09. The first-order valence-corrected chi connectivity index (χ1v) is 8.87. The minimum Gasteiger partial charge on any atom is -0.442 e. The summed E-state index contributed by atoms with van der Waals surface area (Å²) < 4.78 is 13.0. The van der Waals surface area contributed by atoms with Gasteiger partial charge in [0.15, 0.2) is 5.69 Å². The Hall–Kier alpha value is -2.99. The third-order valence-electron chi connectivity index (χ3n) is 4.61. The molecule has 0 radical (unpaired) electrons. The Morgan fingerprint density at radius 3 is 2.81 bits per heavy atom. The minimum absolute atomic E-state index is 0.206. The molecular weight excluding hydrogens is 354 g/mol. The topological polar surface area (TPSA) is 88.8 Å². The van der Waals surface area contributed by atoms with Gasteiger partial charge in [-0.3, -0.25) is 9.69 Å². The quantitative estimate of drug-likeness (QED) is 0.816. The fraction of sp³-hybridized carbons (Fsp3) is 0.353. The van der Waals surface area contributed by atoms with Crippen LogP contribution in [0, 0.1) is 6.57 Å². The first kappa shape index (κ1) is 16.5. The van der Waals surface area contributed by atoms with Crippen molar-refractivity contribution in [1.29, 1.82) is 0 Å². The van der Waals surface area contributed by atoms with Gasteiger partial charge in [-0.25, -0.2) is 11.4 Å². The van der Waals surface area contributed by atoms with Crippen LogP contribution in [0.2, 0.25) is 0 Å². The van der Waals surface area contributed by atoms with Crippen LogP contribution in [0.25, 0.3) is 4.85 Å². The monoisotopic (exact) mass is 369 g/mol. The number of anilines is 1. The van der Waals surface area contributed by atoms with E-state index in [4.69, 9.17) is 11.3 Å². The molecule has 1 aromatic heterocycles. The van der Waals surface area contributed by atoms with Crippen molar-refractivity contribution in [1.82, 2.24) is 14.1 Å². The lowest BCUT2D eigenvalue weighted by molar-refractivity contribution is 0.0912. The standard InChI is InChI=1S/C17H15N5O3S/c1-18-17(6-7-17)11-2-4-12(5-3-11)22-10-13(25-16(22)24)8-19-15(23)14-9-20-26-21-14/h2-5,9,13H,6-8,10H2,(H,19,23)/t13-/m0/s1. The van der Waals surface area contributed by atoms with Gasteiger partial charge in [-0.1, -0.05) is 0 Å². The van der Waals surface area contributed by atoms with Gasteiger partial charge < -0.3 is 14.9 Å². The van der Waals surface area contributed by atoms with E-state index in [1.165, 1.54) is 11.1 Å². The molecule has 1 aliphatic heterocycles. The van der Waals surface area contributed by atoms with E-state index in [0.717, 1.165) is 35.8 Å².